The lowest BCUT2D eigenvalue weighted by atomic mass is 9.90. The predicted octanol–water partition coefficient (Wildman–Crippen LogP) is 3.11. The van der Waals surface area contributed by atoms with Gasteiger partial charge < -0.3 is 9.47 Å². The van der Waals surface area contributed by atoms with Crippen LogP contribution < -0.4 is 0 Å². The summed E-state index contributed by atoms with van der Waals surface area (Å²) < 4.78 is 10.4. The summed E-state index contributed by atoms with van der Waals surface area (Å²) in [5.74, 6) is -0.186. The zero-order chi connectivity index (χ0) is 15.1. The van der Waals surface area contributed by atoms with E-state index in [4.69, 9.17) is 9.47 Å². The molecule has 0 aromatic heterocycles. The molecule has 0 saturated heterocycles. The van der Waals surface area contributed by atoms with E-state index in [1.165, 1.54) is 0 Å². The zero-order valence-electron chi connectivity index (χ0n) is 13.0. The van der Waals surface area contributed by atoms with Gasteiger partial charge in [0.1, 0.15) is 0 Å². The highest BCUT2D eigenvalue weighted by Gasteiger charge is 2.25. The molecule has 0 aliphatic heterocycles. The molecule has 0 saturated carbocycles. The van der Waals surface area contributed by atoms with Gasteiger partial charge in [-0.15, -0.1) is 0 Å². The van der Waals surface area contributed by atoms with Crippen LogP contribution >= 0.6 is 0 Å². The maximum absolute atomic E-state index is 11.9. The molecule has 0 bridgehead atoms. The molecule has 0 amide bonds. The Morgan fingerprint density at radius 1 is 1.15 bits per heavy atom. The van der Waals surface area contributed by atoms with Gasteiger partial charge in [0.2, 0.25) is 0 Å². The molecule has 4 nitrogen and oxygen atoms in total. The lowest BCUT2D eigenvalue weighted by Crippen LogP contribution is -2.23. The molecule has 1 unspecified atom stereocenters. The molecule has 1 atom stereocenters. The minimum absolute atomic E-state index is 0.229. The highest BCUT2D eigenvalue weighted by molar-refractivity contribution is 5.90. The summed E-state index contributed by atoms with van der Waals surface area (Å²) in [5, 5.41) is 0. The normalized spacial score (nSPS) is 18.9. The minimum atomic E-state index is -0.302. The largest absolute Gasteiger partial charge is 0.465 e. The van der Waals surface area contributed by atoms with E-state index in [0.29, 0.717) is 37.0 Å². The average molecular weight is 282 g/mol. The van der Waals surface area contributed by atoms with Crippen molar-refractivity contribution >= 4 is 11.9 Å². The van der Waals surface area contributed by atoms with E-state index < -0.39 is 0 Å². The topological polar surface area (TPSA) is 52.6 Å². The molecule has 4 heteroatoms. The minimum Gasteiger partial charge on any atom is -0.465 e. The van der Waals surface area contributed by atoms with Crippen LogP contribution in [0.25, 0.3) is 0 Å². The van der Waals surface area contributed by atoms with E-state index in [2.05, 4.69) is 0 Å². The molecule has 0 N–H and O–H groups in total. The van der Waals surface area contributed by atoms with Crippen molar-refractivity contribution in [2.45, 2.75) is 47.0 Å². The van der Waals surface area contributed by atoms with Gasteiger partial charge in [-0.2, -0.15) is 0 Å². The first-order chi connectivity index (χ1) is 9.40. The highest BCUT2D eigenvalue weighted by atomic mass is 16.5. The van der Waals surface area contributed by atoms with Crippen molar-refractivity contribution in [3.05, 3.63) is 11.6 Å². The molecular formula is C16H26O4. The number of carbonyl (C=O) groups excluding carboxylic acids is 2. The molecule has 1 aliphatic rings. The van der Waals surface area contributed by atoms with Crippen LogP contribution in [-0.4, -0.2) is 25.2 Å². The van der Waals surface area contributed by atoms with Crippen LogP contribution in [0.15, 0.2) is 11.6 Å². The van der Waals surface area contributed by atoms with E-state index in [1.807, 2.05) is 27.7 Å². The molecule has 114 valence electrons. The van der Waals surface area contributed by atoms with Crippen LogP contribution in [0.2, 0.25) is 0 Å². The van der Waals surface area contributed by atoms with E-state index in [0.717, 1.165) is 12.8 Å². The molecule has 0 fully saturated rings. The molecule has 0 aromatic carbocycles. The third kappa shape index (κ3) is 5.76. The van der Waals surface area contributed by atoms with E-state index in [9.17, 15) is 9.59 Å². The Balaban J connectivity index is 2.55. The fraction of sp³-hybridized carbons (Fsp3) is 0.750. The summed E-state index contributed by atoms with van der Waals surface area (Å²) >= 11 is 0. The van der Waals surface area contributed by atoms with Gasteiger partial charge in [-0.05, 0) is 31.1 Å². The van der Waals surface area contributed by atoms with Crippen LogP contribution in [0.5, 0.6) is 0 Å². The Labute approximate surface area is 121 Å². The van der Waals surface area contributed by atoms with Crippen LogP contribution in [0.4, 0.5) is 0 Å². The summed E-state index contributed by atoms with van der Waals surface area (Å²) in [6.45, 7) is 8.83. The summed E-state index contributed by atoms with van der Waals surface area (Å²) in [4.78, 5) is 23.8. The lowest BCUT2D eigenvalue weighted by molar-refractivity contribution is -0.148. The number of hydrogen-bond donors (Lipinski definition) is 0. The number of esters is 2. The van der Waals surface area contributed by atoms with Gasteiger partial charge in [0.05, 0.1) is 19.1 Å². The molecule has 1 rings (SSSR count). The van der Waals surface area contributed by atoms with Gasteiger partial charge in [0.25, 0.3) is 0 Å². The smallest absolute Gasteiger partial charge is 0.333 e. The molecule has 0 aromatic rings. The van der Waals surface area contributed by atoms with Crippen molar-refractivity contribution in [1.29, 1.82) is 0 Å². The maximum atomic E-state index is 11.9. The zero-order valence-corrected chi connectivity index (χ0v) is 13.0. The van der Waals surface area contributed by atoms with Crippen LogP contribution in [0.1, 0.15) is 47.0 Å². The predicted molar refractivity (Wildman–Crippen MR) is 77.0 cm³/mol. The van der Waals surface area contributed by atoms with Crippen molar-refractivity contribution in [3.63, 3.8) is 0 Å². The molecular weight excluding hydrogens is 256 g/mol. The Morgan fingerprint density at radius 3 is 2.35 bits per heavy atom. The number of ether oxygens (including phenoxy) is 2. The van der Waals surface area contributed by atoms with Crippen LogP contribution in [-0.2, 0) is 19.1 Å². The summed E-state index contributed by atoms with van der Waals surface area (Å²) in [7, 11) is 0. The summed E-state index contributed by atoms with van der Waals surface area (Å²) in [5.41, 5.74) is 0.614. The van der Waals surface area contributed by atoms with E-state index >= 15 is 0 Å². The van der Waals surface area contributed by atoms with Crippen molar-refractivity contribution in [1.82, 2.24) is 0 Å². The second-order valence-electron chi connectivity index (χ2n) is 6.21. The quantitative estimate of drug-likeness (QED) is 0.702. The second kappa shape index (κ2) is 8.08. The molecule has 0 radical (unpaired) electrons. The Morgan fingerprint density at radius 2 is 1.75 bits per heavy atom. The standard InChI is InChI=1S/C16H26O4/c1-11(2)9-19-15(17)13-6-5-7-14(8-13)16(18)20-10-12(3)4/h8,11-13H,5-7,9-10H2,1-4H3. The second-order valence-corrected chi connectivity index (χ2v) is 6.21. The van der Waals surface area contributed by atoms with Crippen LogP contribution in [0, 0.1) is 17.8 Å². The summed E-state index contributed by atoms with van der Waals surface area (Å²) in [6.07, 6.45) is 3.99. The lowest BCUT2D eigenvalue weighted by Gasteiger charge is -2.20. The van der Waals surface area contributed by atoms with E-state index in [-0.39, 0.29) is 17.9 Å². The third-order valence-electron chi connectivity index (χ3n) is 3.04. The first-order valence-electron chi connectivity index (χ1n) is 7.44. The maximum Gasteiger partial charge on any atom is 0.333 e. The Hall–Kier alpha value is -1.32. The van der Waals surface area contributed by atoms with Gasteiger partial charge >= 0.3 is 11.9 Å². The van der Waals surface area contributed by atoms with Crippen molar-refractivity contribution in [3.8, 4) is 0 Å². The van der Waals surface area contributed by atoms with E-state index in [1.54, 1.807) is 6.08 Å². The molecule has 1 aliphatic carbocycles. The van der Waals surface area contributed by atoms with Crippen molar-refractivity contribution in [2.75, 3.05) is 13.2 Å². The highest BCUT2D eigenvalue weighted by Crippen LogP contribution is 2.25. The van der Waals surface area contributed by atoms with Crippen LogP contribution in [0.3, 0.4) is 0 Å². The van der Waals surface area contributed by atoms with Gasteiger partial charge in [-0.25, -0.2) is 4.79 Å². The monoisotopic (exact) mass is 282 g/mol. The molecule has 0 heterocycles. The molecule has 20 heavy (non-hydrogen) atoms. The van der Waals surface area contributed by atoms with Gasteiger partial charge in [-0.1, -0.05) is 33.8 Å². The fourth-order valence-electron chi connectivity index (χ4n) is 1.97. The van der Waals surface area contributed by atoms with Gasteiger partial charge in [-0.3, -0.25) is 4.79 Å². The number of hydrogen-bond acceptors (Lipinski definition) is 4. The summed E-state index contributed by atoms with van der Waals surface area (Å²) in [6, 6.07) is 0. The van der Waals surface area contributed by atoms with Crippen molar-refractivity contribution < 1.29 is 19.1 Å². The Kier molecular flexibility index (Phi) is 6.76. The SMILES string of the molecule is CC(C)COC(=O)C1=CC(C(=O)OCC(C)C)CCC1. The first kappa shape index (κ1) is 16.7. The third-order valence-corrected chi connectivity index (χ3v) is 3.04. The fourth-order valence-corrected chi connectivity index (χ4v) is 1.97. The van der Waals surface area contributed by atoms with Crippen molar-refractivity contribution in [2.24, 2.45) is 17.8 Å². The first-order valence-corrected chi connectivity index (χ1v) is 7.44. The van der Waals surface area contributed by atoms with Gasteiger partial charge in [0.15, 0.2) is 0 Å². The number of rotatable bonds is 6. The number of carbonyl (C=O) groups is 2. The average Bonchev–Trinajstić information content (AvgIpc) is 2.42. The Bertz CT molecular complexity index is 369. The van der Waals surface area contributed by atoms with Gasteiger partial charge in [0, 0.05) is 5.57 Å². The molecule has 0 spiro atoms.